The SMILES string of the molecule is CCCCc1ncc(-n2cncn2)s1. The second-order valence-electron chi connectivity index (χ2n) is 3.04. The van der Waals surface area contributed by atoms with Crippen LogP contribution in [0.1, 0.15) is 24.8 Å². The molecule has 0 aromatic carbocycles. The fourth-order valence-corrected chi connectivity index (χ4v) is 2.06. The van der Waals surface area contributed by atoms with Crippen LogP contribution in [0, 0.1) is 0 Å². The molecule has 0 bridgehead atoms. The first kappa shape index (κ1) is 9.33. The molecule has 0 amide bonds. The lowest BCUT2D eigenvalue weighted by Crippen LogP contribution is -1.88. The van der Waals surface area contributed by atoms with Crippen LogP contribution in [0.5, 0.6) is 0 Å². The van der Waals surface area contributed by atoms with E-state index in [1.54, 1.807) is 22.3 Å². The highest BCUT2D eigenvalue weighted by Gasteiger charge is 2.03. The average molecular weight is 208 g/mol. The van der Waals surface area contributed by atoms with Gasteiger partial charge in [0.1, 0.15) is 17.7 Å². The van der Waals surface area contributed by atoms with E-state index >= 15 is 0 Å². The zero-order valence-corrected chi connectivity index (χ0v) is 8.87. The van der Waals surface area contributed by atoms with E-state index in [1.807, 2.05) is 6.20 Å². The molecule has 0 aliphatic carbocycles. The number of thiazole rings is 1. The Hall–Kier alpha value is -1.23. The minimum Gasteiger partial charge on any atom is -0.247 e. The van der Waals surface area contributed by atoms with Crippen LogP contribution >= 0.6 is 11.3 Å². The fourth-order valence-electron chi connectivity index (χ4n) is 1.17. The Labute approximate surface area is 86.6 Å². The zero-order chi connectivity index (χ0) is 9.80. The minimum absolute atomic E-state index is 1.04. The Morgan fingerprint density at radius 1 is 1.50 bits per heavy atom. The zero-order valence-electron chi connectivity index (χ0n) is 8.05. The van der Waals surface area contributed by atoms with Crippen LogP contribution in [-0.2, 0) is 6.42 Å². The number of hydrogen-bond acceptors (Lipinski definition) is 4. The summed E-state index contributed by atoms with van der Waals surface area (Å²) in [4.78, 5) is 8.24. The molecule has 14 heavy (non-hydrogen) atoms. The van der Waals surface area contributed by atoms with Crippen LogP contribution < -0.4 is 0 Å². The predicted molar refractivity (Wildman–Crippen MR) is 55.6 cm³/mol. The Morgan fingerprint density at radius 3 is 3.14 bits per heavy atom. The molecule has 0 aliphatic rings. The molecular formula is C9H12N4S. The molecule has 0 atom stereocenters. The van der Waals surface area contributed by atoms with Crippen molar-refractivity contribution in [2.75, 3.05) is 0 Å². The van der Waals surface area contributed by atoms with E-state index in [-0.39, 0.29) is 0 Å². The molecule has 0 radical (unpaired) electrons. The van der Waals surface area contributed by atoms with Gasteiger partial charge >= 0.3 is 0 Å². The highest BCUT2D eigenvalue weighted by molar-refractivity contribution is 7.14. The van der Waals surface area contributed by atoms with Gasteiger partial charge in [-0.3, -0.25) is 0 Å². The van der Waals surface area contributed by atoms with Gasteiger partial charge < -0.3 is 0 Å². The van der Waals surface area contributed by atoms with Crippen molar-refractivity contribution in [2.45, 2.75) is 26.2 Å². The Bertz CT molecular complexity index is 379. The van der Waals surface area contributed by atoms with Crippen LogP contribution in [0.25, 0.3) is 5.00 Å². The van der Waals surface area contributed by atoms with Gasteiger partial charge in [-0.15, -0.1) is 0 Å². The van der Waals surface area contributed by atoms with Crippen molar-refractivity contribution in [3.05, 3.63) is 23.9 Å². The third-order valence-corrected chi connectivity index (χ3v) is 2.98. The summed E-state index contributed by atoms with van der Waals surface area (Å²) < 4.78 is 1.74. The summed E-state index contributed by atoms with van der Waals surface area (Å²) in [5.41, 5.74) is 0. The Morgan fingerprint density at radius 2 is 2.43 bits per heavy atom. The van der Waals surface area contributed by atoms with E-state index in [0.717, 1.165) is 11.4 Å². The van der Waals surface area contributed by atoms with E-state index in [2.05, 4.69) is 22.0 Å². The quantitative estimate of drug-likeness (QED) is 0.772. The first-order valence-corrected chi connectivity index (χ1v) is 5.51. The third-order valence-electron chi connectivity index (χ3n) is 1.93. The number of aryl methyl sites for hydroxylation is 1. The van der Waals surface area contributed by atoms with E-state index < -0.39 is 0 Å². The summed E-state index contributed by atoms with van der Waals surface area (Å²) in [6, 6.07) is 0. The van der Waals surface area contributed by atoms with Gasteiger partial charge in [0.25, 0.3) is 0 Å². The minimum atomic E-state index is 1.04. The molecule has 0 fully saturated rings. The highest BCUT2D eigenvalue weighted by Crippen LogP contribution is 2.17. The number of nitrogens with zero attached hydrogens (tertiary/aromatic N) is 4. The molecule has 4 nitrogen and oxygen atoms in total. The second-order valence-corrected chi connectivity index (χ2v) is 4.13. The predicted octanol–water partition coefficient (Wildman–Crippen LogP) is 2.07. The molecule has 2 rings (SSSR count). The van der Waals surface area contributed by atoms with Gasteiger partial charge in [0.05, 0.1) is 11.2 Å². The van der Waals surface area contributed by atoms with Crippen molar-refractivity contribution in [1.82, 2.24) is 19.7 Å². The monoisotopic (exact) mass is 208 g/mol. The third kappa shape index (κ3) is 1.98. The number of hydrogen-bond donors (Lipinski definition) is 0. The lowest BCUT2D eigenvalue weighted by molar-refractivity contribution is 0.790. The summed E-state index contributed by atoms with van der Waals surface area (Å²) >= 11 is 1.68. The van der Waals surface area contributed by atoms with Gasteiger partial charge in [0, 0.05) is 0 Å². The topological polar surface area (TPSA) is 43.6 Å². The first-order valence-electron chi connectivity index (χ1n) is 4.70. The normalized spacial score (nSPS) is 10.6. The van der Waals surface area contributed by atoms with Gasteiger partial charge in [-0.2, -0.15) is 5.10 Å². The van der Waals surface area contributed by atoms with Crippen molar-refractivity contribution < 1.29 is 0 Å². The molecule has 2 heterocycles. The van der Waals surface area contributed by atoms with Gasteiger partial charge in [0.2, 0.25) is 0 Å². The molecule has 0 spiro atoms. The highest BCUT2D eigenvalue weighted by atomic mass is 32.1. The van der Waals surface area contributed by atoms with Gasteiger partial charge in [-0.05, 0) is 12.8 Å². The fraction of sp³-hybridized carbons (Fsp3) is 0.444. The maximum atomic E-state index is 4.34. The average Bonchev–Trinajstić information content (AvgIpc) is 2.85. The van der Waals surface area contributed by atoms with Crippen LogP contribution in [0.15, 0.2) is 18.9 Å². The van der Waals surface area contributed by atoms with Crippen LogP contribution in [-0.4, -0.2) is 19.7 Å². The molecule has 0 aliphatic heterocycles. The van der Waals surface area contributed by atoms with Crippen molar-refractivity contribution in [3.8, 4) is 5.00 Å². The van der Waals surface area contributed by atoms with Gasteiger partial charge in [0.15, 0.2) is 0 Å². The lowest BCUT2D eigenvalue weighted by atomic mass is 10.3. The largest absolute Gasteiger partial charge is 0.247 e. The summed E-state index contributed by atoms with van der Waals surface area (Å²) in [6.45, 7) is 2.19. The molecule has 0 N–H and O–H groups in total. The van der Waals surface area contributed by atoms with Gasteiger partial charge in [-0.25, -0.2) is 14.6 Å². The van der Waals surface area contributed by atoms with Crippen LogP contribution in [0.3, 0.4) is 0 Å². The van der Waals surface area contributed by atoms with Crippen molar-refractivity contribution in [3.63, 3.8) is 0 Å². The summed E-state index contributed by atoms with van der Waals surface area (Å²) in [6.07, 6.45) is 8.55. The summed E-state index contributed by atoms with van der Waals surface area (Å²) in [5.74, 6) is 0. The maximum absolute atomic E-state index is 4.34. The molecule has 5 heteroatoms. The number of rotatable bonds is 4. The standard InChI is InChI=1S/C9H12N4S/c1-2-3-4-8-11-5-9(14-8)13-7-10-6-12-13/h5-7H,2-4H2,1H3. The van der Waals surface area contributed by atoms with E-state index in [4.69, 9.17) is 0 Å². The molecule has 0 unspecified atom stereocenters. The number of unbranched alkanes of at least 4 members (excludes halogenated alkanes) is 1. The van der Waals surface area contributed by atoms with Crippen LogP contribution in [0.4, 0.5) is 0 Å². The second kappa shape index (κ2) is 4.32. The van der Waals surface area contributed by atoms with Crippen molar-refractivity contribution in [1.29, 1.82) is 0 Å². The molecule has 2 aromatic heterocycles. The Balaban J connectivity index is 2.10. The van der Waals surface area contributed by atoms with Crippen molar-refractivity contribution >= 4 is 11.3 Å². The van der Waals surface area contributed by atoms with Gasteiger partial charge in [-0.1, -0.05) is 24.7 Å². The smallest absolute Gasteiger partial charge is 0.139 e. The first-order chi connectivity index (χ1) is 6.90. The molecule has 0 saturated heterocycles. The van der Waals surface area contributed by atoms with Crippen LogP contribution in [0.2, 0.25) is 0 Å². The Kier molecular flexibility index (Phi) is 2.88. The summed E-state index contributed by atoms with van der Waals surface area (Å²) in [7, 11) is 0. The van der Waals surface area contributed by atoms with E-state index in [0.29, 0.717) is 0 Å². The molecule has 74 valence electrons. The molecule has 2 aromatic rings. The molecular weight excluding hydrogens is 196 g/mol. The lowest BCUT2D eigenvalue weighted by Gasteiger charge is -1.92. The van der Waals surface area contributed by atoms with Crippen molar-refractivity contribution in [2.24, 2.45) is 0 Å². The molecule has 0 saturated carbocycles. The van der Waals surface area contributed by atoms with E-state index in [9.17, 15) is 0 Å². The maximum Gasteiger partial charge on any atom is 0.139 e. The van der Waals surface area contributed by atoms with E-state index in [1.165, 1.54) is 24.2 Å². The number of aromatic nitrogens is 4. The summed E-state index contributed by atoms with van der Waals surface area (Å²) in [5, 5.41) is 6.27.